The summed E-state index contributed by atoms with van der Waals surface area (Å²) in [6, 6.07) is 1.67. The molecule has 0 unspecified atom stereocenters. The normalized spacial score (nSPS) is 10.0. The Hall–Kier alpha value is -2.31. The Labute approximate surface area is 78.2 Å². The molecular formula is C7H7N5O2. The zero-order valence-electron chi connectivity index (χ0n) is 6.98. The van der Waals surface area contributed by atoms with Gasteiger partial charge in [-0.15, -0.1) is 0 Å². The zero-order valence-corrected chi connectivity index (χ0v) is 6.98. The number of carboxylic acids is 1. The maximum Gasteiger partial charge on any atom is 0.341 e. The van der Waals surface area contributed by atoms with Gasteiger partial charge >= 0.3 is 5.97 Å². The first-order chi connectivity index (χ1) is 6.77. The highest BCUT2D eigenvalue weighted by Gasteiger charge is 2.12. The van der Waals surface area contributed by atoms with E-state index in [1.165, 1.54) is 6.20 Å². The van der Waals surface area contributed by atoms with E-state index in [0.29, 0.717) is 11.6 Å². The molecule has 2 heterocycles. The van der Waals surface area contributed by atoms with Gasteiger partial charge in [-0.25, -0.2) is 4.79 Å². The van der Waals surface area contributed by atoms with E-state index >= 15 is 0 Å². The van der Waals surface area contributed by atoms with E-state index in [1.807, 2.05) is 0 Å². The fourth-order valence-electron chi connectivity index (χ4n) is 1.00. The molecule has 4 N–H and O–H groups in total. The first-order valence-corrected chi connectivity index (χ1v) is 3.80. The number of rotatable bonds is 3. The Morgan fingerprint density at radius 1 is 1.43 bits per heavy atom. The number of nitrogens with zero attached hydrogens (tertiary/aromatic N) is 2. The van der Waals surface area contributed by atoms with Crippen LogP contribution in [-0.2, 0) is 0 Å². The third-order valence-electron chi connectivity index (χ3n) is 1.63. The van der Waals surface area contributed by atoms with Gasteiger partial charge in [-0.05, 0) is 0 Å². The number of nitrogens with one attached hydrogen (secondary N) is 3. The molecule has 2 aromatic heterocycles. The zero-order chi connectivity index (χ0) is 9.97. The van der Waals surface area contributed by atoms with Crippen LogP contribution in [0.1, 0.15) is 10.4 Å². The summed E-state index contributed by atoms with van der Waals surface area (Å²) in [5, 5.41) is 24.1. The predicted molar refractivity (Wildman–Crippen MR) is 47.4 cm³/mol. The van der Waals surface area contributed by atoms with Crippen molar-refractivity contribution in [1.82, 2.24) is 20.4 Å². The Kier molecular flexibility index (Phi) is 1.90. The van der Waals surface area contributed by atoms with E-state index in [9.17, 15) is 4.79 Å². The van der Waals surface area contributed by atoms with E-state index in [0.717, 1.165) is 0 Å². The van der Waals surface area contributed by atoms with Gasteiger partial charge in [-0.3, -0.25) is 10.2 Å². The lowest BCUT2D eigenvalue weighted by Crippen LogP contribution is -2.00. The molecule has 2 aromatic rings. The summed E-state index contributed by atoms with van der Waals surface area (Å²) in [5.41, 5.74) is 0.0830. The van der Waals surface area contributed by atoms with Crippen molar-refractivity contribution in [3.63, 3.8) is 0 Å². The smallest absolute Gasteiger partial charge is 0.341 e. The van der Waals surface area contributed by atoms with Gasteiger partial charge in [0.15, 0.2) is 0 Å². The maximum atomic E-state index is 10.7. The number of carboxylic acid groups (broad SMARTS) is 1. The van der Waals surface area contributed by atoms with Gasteiger partial charge in [0, 0.05) is 6.07 Å². The summed E-state index contributed by atoms with van der Waals surface area (Å²) in [5.74, 6) is -0.126. The van der Waals surface area contributed by atoms with Gasteiger partial charge in [0.25, 0.3) is 0 Å². The molecule has 0 aliphatic carbocycles. The molecule has 7 heteroatoms. The number of anilines is 2. The van der Waals surface area contributed by atoms with Crippen molar-refractivity contribution >= 4 is 17.6 Å². The second kappa shape index (κ2) is 3.21. The van der Waals surface area contributed by atoms with Gasteiger partial charge in [0.05, 0.1) is 12.4 Å². The highest BCUT2D eigenvalue weighted by molar-refractivity contribution is 5.93. The van der Waals surface area contributed by atoms with Crippen molar-refractivity contribution in [3.05, 3.63) is 24.0 Å². The Balaban J connectivity index is 2.25. The van der Waals surface area contributed by atoms with Gasteiger partial charge in [-0.2, -0.15) is 10.2 Å². The van der Waals surface area contributed by atoms with E-state index in [1.54, 1.807) is 12.3 Å². The molecule has 0 saturated carbocycles. The van der Waals surface area contributed by atoms with E-state index < -0.39 is 5.97 Å². The van der Waals surface area contributed by atoms with Gasteiger partial charge in [0.1, 0.15) is 17.2 Å². The molecule has 0 aliphatic rings. The van der Waals surface area contributed by atoms with E-state index in [4.69, 9.17) is 5.11 Å². The number of hydrogen-bond donors (Lipinski definition) is 4. The largest absolute Gasteiger partial charge is 0.477 e. The van der Waals surface area contributed by atoms with Crippen LogP contribution in [0.2, 0.25) is 0 Å². The lowest BCUT2D eigenvalue weighted by Gasteiger charge is -2.00. The fourth-order valence-corrected chi connectivity index (χ4v) is 1.00. The number of carbonyl (C=O) groups is 1. The molecule has 0 atom stereocenters. The molecule has 0 bridgehead atoms. The average molecular weight is 193 g/mol. The van der Waals surface area contributed by atoms with Gasteiger partial charge < -0.3 is 10.4 Å². The molecule has 0 amide bonds. The van der Waals surface area contributed by atoms with E-state index in [-0.39, 0.29) is 5.56 Å². The van der Waals surface area contributed by atoms with Gasteiger partial charge in [-0.1, -0.05) is 0 Å². The minimum atomic E-state index is -1.04. The molecular weight excluding hydrogens is 186 g/mol. The minimum absolute atomic E-state index is 0.0830. The SMILES string of the molecule is O=C(O)c1cn[nH]c1Nc1ccn[nH]1. The first-order valence-electron chi connectivity index (χ1n) is 3.80. The van der Waals surface area contributed by atoms with Crippen molar-refractivity contribution in [1.29, 1.82) is 0 Å². The summed E-state index contributed by atoms with van der Waals surface area (Å²) in [4.78, 5) is 10.7. The molecule has 0 aromatic carbocycles. The van der Waals surface area contributed by atoms with Crippen LogP contribution in [0.3, 0.4) is 0 Å². The number of hydrogen-bond acceptors (Lipinski definition) is 4. The molecule has 0 radical (unpaired) electrons. The number of aromatic carboxylic acids is 1. The lowest BCUT2D eigenvalue weighted by atomic mass is 10.3. The Morgan fingerprint density at radius 3 is 2.93 bits per heavy atom. The second-order valence-corrected chi connectivity index (χ2v) is 2.56. The standard InChI is InChI=1S/C7H7N5O2/c13-7(14)4-3-9-12-6(4)10-5-1-2-8-11-5/h1-3H,(H,13,14)(H3,8,9,10,11,12). The van der Waals surface area contributed by atoms with Crippen LogP contribution < -0.4 is 5.32 Å². The molecule has 0 saturated heterocycles. The minimum Gasteiger partial charge on any atom is -0.477 e. The van der Waals surface area contributed by atoms with Crippen molar-refractivity contribution in [2.45, 2.75) is 0 Å². The Morgan fingerprint density at radius 2 is 2.29 bits per heavy atom. The summed E-state index contributed by atoms with van der Waals surface area (Å²) in [6.07, 6.45) is 2.79. The second-order valence-electron chi connectivity index (χ2n) is 2.56. The monoisotopic (exact) mass is 193 g/mol. The number of H-pyrrole nitrogens is 2. The van der Waals surface area contributed by atoms with Crippen LogP contribution in [0.15, 0.2) is 18.5 Å². The first kappa shape index (κ1) is 8.30. The average Bonchev–Trinajstić information content (AvgIpc) is 2.75. The molecule has 2 rings (SSSR count). The molecule has 72 valence electrons. The van der Waals surface area contributed by atoms with Crippen molar-refractivity contribution in [2.24, 2.45) is 0 Å². The summed E-state index contributed by atoms with van der Waals surface area (Å²) >= 11 is 0. The van der Waals surface area contributed by atoms with Crippen molar-refractivity contribution in [3.8, 4) is 0 Å². The Bertz CT molecular complexity index is 433. The van der Waals surface area contributed by atoms with Crippen LogP contribution in [0, 0.1) is 0 Å². The van der Waals surface area contributed by atoms with Crippen LogP contribution >= 0.6 is 0 Å². The van der Waals surface area contributed by atoms with Crippen LogP contribution in [0.5, 0.6) is 0 Å². The third kappa shape index (κ3) is 1.42. The van der Waals surface area contributed by atoms with Crippen molar-refractivity contribution < 1.29 is 9.90 Å². The molecule has 14 heavy (non-hydrogen) atoms. The molecule has 0 fully saturated rings. The van der Waals surface area contributed by atoms with E-state index in [2.05, 4.69) is 25.7 Å². The number of aromatic nitrogens is 4. The van der Waals surface area contributed by atoms with Crippen LogP contribution in [-0.4, -0.2) is 31.5 Å². The number of aromatic amines is 2. The quantitative estimate of drug-likeness (QED) is 0.570. The van der Waals surface area contributed by atoms with Crippen LogP contribution in [0.25, 0.3) is 0 Å². The maximum absolute atomic E-state index is 10.7. The lowest BCUT2D eigenvalue weighted by molar-refractivity contribution is 0.0698. The molecule has 0 spiro atoms. The third-order valence-corrected chi connectivity index (χ3v) is 1.63. The summed E-state index contributed by atoms with van der Waals surface area (Å²) in [6.45, 7) is 0. The molecule has 7 nitrogen and oxygen atoms in total. The molecule has 0 aliphatic heterocycles. The summed E-state index contributed by atoms with van der Waals surface area (Å²) < 4.78 is 0. The predicted octanol–water partition coefficient (Wildman–Crippen LogP) is 0.575. The highest BCUT2D eigenvalue weighted by Crippen LogP contribution is 2.15. The fraction of sp³-hybridized carbons (Fsp3) is 0. The summed E-state index contributed by atoms with van der Waals surface area (Å²) in [7, 11) is 0. The van der Waals surface area contributed by atoms with Gasteiger partial charge in [0.2, 0.25) is 0 Å². The van der Waals surface area contributed by atoms with Crippen LogP contribution in [0.4, 0.5) is 11.6 Å². The van der Waals surface area contributed by atoms with Crippen molar-refractivity contribution in [2.75, 3.05) is 5.32 Å². The topological polar surface area (TPSA) is 107 Å². The highest BCUT2D eigenvalue weighted by atomic mass is 16.4.